The second-order valence-electron chi connectivity index (χ2n) is 23.4. The fourth-order valence-electron chi connectivity index (χ4n) is 11.1. The Morgan fingerprint density at radius 3 is 1.39 bits per heavy atom. The molecule has 4 unspecified atom stereocenters. The van der Waals surface area contributed by atoms with E-state index in [1.54, 1.807) is 64.1 Å². The molecule has 6 atom stereocenters. The number of nitrogens with one attached hydrogen (secondary N) is 4. The number of amides is 10. The van der Waals surface area contributed by atoms with Gasteiger partial charge >= 0.3 is 11.9 Å². The van der Waals surface area contributed by atoms with Gasteiger partial charge < -0.3 is 64.9 Å². The summed E-state index contributed by atoms with van der Waals surface area (Å²) >= 11 is 0. The van der Waals surface area contributed by atoms with Crippen LogP contribution in [0.3, 0.4) is 0 Å². The molecule has 7 rings (SSSR count). The number of rotatable bonds is 7. The number of ether oxygens (including phenoxy) is 3. The predicted molar refractivity (Wildman–Crippen MR) is 322 cm³/mol. The number of piperidine rings is 2. The largest absolute Gasteiger partial charge is 0.497 e. The standard InChI is InChI=1S/C62H80N12O15/c1-35(2)53-61(85)88-33-45(67-55(79)43-22-18-38-27-37(5)17-21-41(38)65-43)59(83)73-25-13-11-15-47(73)57(81)63-29-49(75)70(7)32-52(78)72(9)54(36(3)4)62(86)89-34-46(68-56(80)44-23-19-39-28-40(87-10)20-24-42(39)66-44)60(84)74-26-14-12-16-48(74)58(82)64-30-50(76)69(6)31-51(77)71(53)8/h17-24,27-28,35-36,45-48,53-54H,11-16,25-26,29-34H2,1-10H3,(H,63,81)(H,64,82)(H,67,79)(H,68,80)/t45?,46?,47-,48-,53?,54?/m0/s1. The fourth-order valence-corrected chi connectivity index (χ4v) is 11.1. The van der Waals surface area contributed by atoms with Crippen molar-refractivity contribution in [1.82, 2.24) is 60.6 Å². The number of fused-ring (bicyclic) bond motifs is 4. The van der Waals surface area contributed by atoms with Crippen molar-refractivity contribution in [3.05, 3.63) is 77.6 Å². The Bertz CT molecular complexity index is 3380. The van der Waals surface area contributed by atoms with Gasteiger partial charge in [-0.25, -0.2) is 19.6 Å². The van der Waals surface area contributed by atoms with Crippen molar-refractivity contribution >= 4 is 92.8 Å². The summed E-state index contributed by atoms with van der Waals surface area (Å²) in [6, 6.07) is 8.52. The average molecular weight is 1230 g/mol. The average Bonchev–Trinajstić information content (AvgIpc) is 2.99. The molecule has 0 aliphatic carbocycles. The molecule has 5 heterocycles. The number of pyridine rings is 2. The van der Waals surface area contributed by atoms with E-state index in [2.05, 4.69) is 31.2 Å². The summed E-state index contributed by atoms with van der Waals surface area (Å²) in [6.07, 6.45) is 2.17. The second kappa shape index (κ2) is 30.1. The van der Waals surface area contributed by atoms with E-state index >= 15 is 0 Å². The van der Waals surface area contributed by atoms with E-state index in [-0.39, 0.29) is 37.3 Å². The normalized spacial score (nSPS) is 22.8. The summed E-state index contributed by atoms with van der Waals surface area (Å²) in [6.45, 7) is 4.60. The van der Waals surface area contributed by atoms with Crippen LogP contribution >= 0.6 is 0 Å². The third-order valence-electron chi connectivity index (χ3n) is 16.2. The van der Waals surface area contributed by atoms with E-state index in [1.807, 2.05) is 19.1 Å². The zero-order chi connectivity index (χ0) is 65.0. The molecule has 478 valence electrons. The van der Waals surface area contributed by atoms with E-state index in [1.165, 1.54) is 57.2 Å². The number of aromatic nitrogens is 2. The lowest BCUT2D eigenvalue weighted by Gasteiger charge is -2.37. The molecule has 27 nitrogen and oxygen atoms in total. The molecule has 4 N–H and O–H groups in total. The fraction of sp³-hybridized carbons (Fsp3) is 0.516. The third-order valence-corrected chi connectivity index (χ3v) is 16.2. The lowest BCUT2D eigenvalue weighted by molar-refractivity contribution is -0.159. The first-order valence-electron chi connectivity index (χ1n) is 29.7. The van der Waals surface area contributed by atoms with Crippen LogP contribution in [0.5, 0.6) is 5.75 Å². The van der Waals surface area contributed by atoms with Crippen molar-refractivity contribution in [2.45, 2.75) is 109 Å². The highest BCUT2D eigenvalue weighted by atomic mass is 16.5. The number of methoxy groups -OCH3 is 1. The molecule has 2 aromatic carbocycles. The monoisotopic (exact) mass is 1230 g/mol. The van der Waals surface area contributed by atoms with Gasteiger partial charge in [-0.1, -0.05) is 51.5 Å². The van der Waals surface area contributed by atoms with Crippen molar-refractivity contribution in [3.63, 3.8) is 0 Å². The van der Waals surface area contributed by atoms with Crippen molar-refractivity contribution < 1.29 is 71.7 Å². The maximum atomic E-state index is 14.8. The van der Waals surface area contributed by atoms with E-state index in [9.17, 15) is 57.5 Å². The van der Waals surface area contributed by atoms with Crippen LogP contribution in [0.15, 0.2) is 60.7 Å². The number of nitrogens with zero attached hydrogens (tertiary/aromatic N) is 8. The Morgan fingerprint density at radius 2 is 0.978 bits per heavy atom. The Kier molecular flexibility index (Phi) is 22.7. The number of hydrogen-bond donors (Lipinski definition) is 4. The Morgan fingerprint density at radius 1 is 0.562 bits per heavy atom. The molecule has 3 fully saturated rings. The van der Waals surface area contributed by atoms with Gasteiger partial charge in [-0.05, 0) is 99.7 Å². The van der Waals surface area contributed by atoms with Crippen LogP contribution in [0.1, 0.15) is 92.8 Å². The van der Waals surface area contributed by atoms with E-state index in [0.29, 0.717) is 47.9 Å². The summed E-state index contributed by atoms with van der Waals surface area (Å²) in [4.78, 5) is 185. The number of benzene rings is 2. The van der Waals surface area contributed by atoms with Crippen LogP contribution in [0.25, 0.3) is 21.8 Å². The van der Waals surface area contributed by atoms with Crippen LogP contribution < -0.4 is 26.0 Å². The topological polar surface area (TPSA) is 326 Å². The molecule has 3 aliphatic heterocycles. The highest BCUT2D eigenvalue weighted by Gasteiger charge is 2.42. The lowest BCUT2D eigenvalue weighted by atomic mass is 10.00. The molecule has 0 bridgehead atoms. The molecule has 10 amide bonds. The zero-order valence-corrected chi connectivity index (χ0v) is 52.0. The van der Waals surface area contributed by atoms with Gasteiger partial charge in [0.25, 0.3) is 11.8 Å². The molecular formula is C62H80N12O15. The molecule has 27 heteroatoms. The maximum Gasteiger partial charge on any atom is 0.329 e. The van der Waals surface area contributed by atoms with Crippen LogP contribution in [-0.2, 0) is 57.4 Å². The van der Waals surface area contributed by atoms with Crippen molar-refractivity contribution in [2.24, 2.45) is 11.8 Å². The molecular weight excluding hydrogens is 1150 g/mol. The number of aryl methyl sites for hydroxylation is 1. The highest BCUT2D eigenvalue weighted by Crippen LogP contribution is 2.24. The Hall–Kier alpha value is -9.30. The van der Waals surface area contributed by atoms with E-state index in [4.69, 9.17) is 14.2 Å². The number of cyclic esters (lactones) is 2. The summed E-state index contributed by atoms with van der Waals surface area (Å²) in [5, 5.41) is 11.8. The van der Waals surface area contributed by atoms with E-state index < -0.39 is 158 Å². The molecule has 0 spiro atoms. The molecule has 0 saturated carbocycles. The van der Waals surface area contributed by atoms with Crippen molar-refractivity contribution in [1.29, 1.82) is 0 Å². The van der Waals surface area contributed by atoms with Gasteiger partial charge in [-0.15, -0.1) is 0 Å². The van der Waals surface area contributed by atoms with Crippen LogP contribution in [0.4, 0.5) is 0 Å². The minimum atomic E-state index is -1.62. The summed E-state index contributed by atoms with van der Waals surface area (Å²) in [5.41, 5.74) is 1.72. The SMILES string of the molecule is COc1ccc2nc(C(=O)NC3COC(=O)C(C(C)C)N(C)C(=O)CN(C)C(=O)CNC(=O)[C@@H]4CCCCN4C(=O)C(NC(=O)c4ccc5cc(C)ccc5n4)COC(=O)C(C(C)C)N(C)C(=O)CN(C)C(=O)CNC(=O)[C@@H]4CCCCN4C3=O)ccc2c1. The van der Waals surface area contributed by atoms with Crippen LogP contribution in [-0.4, -0.2) is 234 Å². The van der Waals surface area contributed by atoms with Crippen molar-refractivity contribution in [3.8, 4) is 5.75 Å². The number of esters is 2. The number of hydrogen-bond acceptors (Lipinski definition) is 17. The Balaban J connectivity index is 1.16. The Labute approximate surface area is 515 Å². The number of likely N-dealkylation sites (N-methyl/N-ethyl adjacent to an activating group) is 4. The third kappa shape index (κ3) is 16.7. The highest BCUT2D eigenvalue weighted by molar-refractivity contribution is 6.01. The summed E-state index contributed by atoms with van der Waals surface area (Å²) in [7, 11) is 6.79. The summed E-state index contributed by atoms with van der Waals surface area (Å²) in [5.74, 6) is -10.2. The van der Waals surface area contributed by atoms with Crippen LogP contribution in [0, 0.1) is 18.8 Å². The first-order chi connectivity index (χ1) is 42.3. The van der Waals surface area contributed by atoms with Gasteiger partial charge in [-0.2, -0.15) is 0 Å². The van der Waals surface area contributed by atoms with Gasteiger partial charge in [0.05, 0.1) is 44.3 Å². The van der Waals surface area contributed by atoms with Gasteiger partial charge in [0.1, 0.15) is 66.6 Å². The lowest BCUT2D eigenvalue weighted by Crippen LogP contribution is -2.59. The minimum Gasteiger partial charge on any atom is -0.497 e. The minimum absolute atomic E-state index is 0.0242. The van der Waals surface area contributed by atoms with Gasteiger partial charge in [0, 0.05) is 52.1 Å². The smallest absolute Gasteiger partial charge is 0.329 e. The predicted octanol–water partition coefficient (Wildman–Crippen LogP) is 0.974. The molecule has 2 aromatic heterocycles. The number of carbonyl (C=O) groups excluding carboxylic acids is 12. The van der Waals surface area contributed by atoms with Crippen molar-refractivity contribution in [2.75, 3.05) is 87.8 Å². The quantitative estimate of drug-likeness (QED) is 0.187. The molecule has 0 radical (unpaired) electrons. The van der Waals surface area contributed by atoms with Gasteiger partial charge in [0.15, 0.2) is 0 Å². The van der Waals surface area contributed by atoms with Crippen LogP contribution in [0.2, 0.25) is 0 Å². The van der Waals surface area contributed by atoms with Gasteiger partial charge in [-0.3, -0.25) is 47.9 Å². The zero-order valence-electron chi connectivity index (χ0n) is 52.0. The molecule has 3 aliphatic rings. The number of carbonyl (C=O) groups is 12. The first-order valence-corrected chi connectivity index (χ1v) is 29.7. The van der Waals surface area contributed by atoms with Gasteiger partial charge in [0.2, 0.25) is 47.3 Å². The first kappa shape index (κ1) is 67.2. The van der Waals surface area contributed by atoms with E-state index in [0.717, 1.165) is 30.5 Å². The second-order valence-corrected chi connectivity index (χ2v) is 23.4. The summed E-state index contributed by atoms with van der Waals surface area (Å²) < 4.78 is 16.9. The molecule has 4 aromatic rings. The molecule has 89 heavy (non-hydrogen) atoms. The molecule has 3 saturated heterocycles. The maximum absolute atomic E-state index is 14.8.